The van der Waals surface area contributed by atoms with Crippen molar-refractivity contribution in [3.05, 3.63) is 35.3 Å². The summed E-state index contributed by atoms with van der Waals surface area (Å²) >= 11 is 11.1. The highest BCUT2D eigenvalue weighted by Gasteiger charge is 2.52. The Morgan fingerprint density at radius 2 is 2.08 bits per heavy atom. The summed E-state index contributed by atoms with van der Waals surface area (Å²) in [6.45, 7) is -5.41. The highest BCUT2D eigenvalue weighted by Crippen LogP contribution is 2.57. The molecule has 1 amide bonds. The van der Waals surface area contributed by atoms with E-state index in [2.05, 4.69) is 30.2 Å². The van der Waals surface area contributed by atoms with Crippen LogP contribution in [0.3, 0.4) is 0 Å². The molecule has 3 N–H and O–H groups in total. The second-order valence-electron chi connectivity index (χ2n) is 11.9. The molecule has 270 valence electrons. The number of carbonyl (C=O) groups is 1. The molecule has 0 spiro atoms. The minimum Gasteiger partial charge on any atom is -0.474 e. The molecule has 2 aliphatic heterocycles. The Kier molecular flexibility index (Phi) is 11.4. The number of anilines is 1. The van der Waals surface area contributed by atoms with Gasteiger partial charge in [0.1, 0.15) is 24.6 Å². The predicted octanol–water partition coefficient (Wildman–Crippen LogP) is 2.79. The van der Waals surface area contributed by atoms with E-state index in [0.29, 0.717) is 12.3 Å². The lowest BCUT2D eigenvalue weighted by Gasteiger charge is -2.30. The number of amides is 1. The van der Waals surface area contributed by atoms with Gasteiger partial charge in [-0.1, -0.05) is 13.8 Å². The number of H-pyrrole nitrogens is 1. The van der Waals surface area contributed by atoms with Gasteiger partial charge in [0.15, 0.2) is 23.6 Å². The standard InChI is InChI=1S/C27H33FN8O10P2S2/c1-14(2)24(37)34-27-33-23-21(25(38)35-27)32-13-36(23)26-22-20(28)18(44-26)11-41-47(39,49)45-17-9-16(43-19-4-6-30-12-31-19)8-15(17)10-42-48(50,46-22)40-7-3-5-29/h4,6,12-18,20,22,26H,3,7-11H2,1-2H3,(H,39,49)(H2,33,34,35,37,38)/t15-,16-,17+,18-,20-,22-,26-,47?,48-/m1/s1. The van der Waals surface area contributed by atoms with Gasteiger partial charge in [-0.3, -0.25) is 29.0 Å². The molecule has 2 saturated heterocycles. The third kappa shape index (κ3) is 8.43. The summed E-state index contributed by atoms with van der Waals surface area (Å²) in [6, 6.07) is 3.55. The summed E-state index contributed by atoms with van der Waals surface area (Å²) in [5.74, 6) is -1.14. The normalized spacial score (nSPS) is 33.2. The van der Waals surface area contributed by atoms with Crippen LogP contribution in [0, 0.1) is 23.2 Å². The van der Waals surface area contributed by atoms with Crippen molar-refractivity contribution in [3.8, 4) is 11.9 Å². The highest BCUT2D eigenvalue weighted by atomic mass is 32.5. The third-order valence-corrected chi connectivity index (χ3v) is 11.9. The molecule has 23 heteroatoms. The maximum Gasteiger partial charge on any atom is 0.327 e. The van der Waals surface area contributed by atoms with Gasteiger partial charge >= 0.3 is 13.4 Å². The number of fused-ring (bicyclic) bond motifs is 4. The summed E-state index contributed by atoms with van der Waals surface area (Å²) in [5, 5.41) is 11.7. The molecule has 1 saturated carbocycles. The third-order valence-electron chi connectivity index (χ3n) is 8.00. The molecule has 3 fully saturated rings. The van der Waals surface area contributed by atoms with Crippen LogP contribution < -0.4 is 15.6 Å². The Bertz CT molecular complexity index is 1900. The van der Waals surface area contributed by atoms with Crippen LogP contribution in [0.1, 0.15) is 39.3 Å². The Labute approximate surface area is 294 Å². The van der Waals surface area contributed by atoms with Crippen molar-refractivity contribution < 1.29 is 46.2 Å². The summed E-state index contributed by atoms with van der Waals surface area (Å²) in [7, 11) is 0. The Balaban J connectivity index is 1.32. The Morgan fingerprint density at radius 3 is 2.82 bits per heavy atom. The van der Waals surface area contributed by atoms with Crippen LogP contribution in [0.4, 0.5) is 10.3 Å². The van der Waals surface area contributed by atoms with Crippen LogP contribution in [-0.4, -0.2) is 90.7 Å². The van der Waals surface area contributed by atoms with Crippen molar-refractivity contribution in [2.24, 2.45) is 11.8 Å². The van der Waals surface area contributed by atoms with Crippen molar-refractivity contribution >= 4 is 60.1 Å². The van der Waals surface area contributed by atoms with Gasteiger partial charge in [-0.25, -0.2) is 19.3 Å². The first-order valence-corrected chi connectivity index (χ1v) is 20.6. The minimum absolute atomic E-state index is 0.0631. The molecule has 1 unspecified atom stereocenters. The monoisotopic (exact) mass is 774 g/mol. The van der Waals surface area contributed by atoms with E-state index in [4.69, 9.17) is 61.0 Å². The number of nitrogens with zero attached hydrogens (tertiary/aromatic N) is 6. The number of rotatable bonds is 8. The van der Waals surface area contributed by atoms with Gasteiger partial charge in [0.25, 0.3) is 5.56 Å². The van der Waals surface area contributed by atoms with Gasteiger partial charge in [0.2, 0.25) is 17.7 Å². The number of hydrogen-bond donors (Lipinski definition) is 3. The van der Waals surface area contributed by atoms with Crippen LogP contribution >= 0.6 is 13.4 Å². The number of aromatic amines is 1. The van der Waals surface area contributed by atoms with Crippen molar-refractivity contribution in [3.63, 3.8) is 0 Å². The fourth-order valence-electron chi connectivity index (χ4n) is 5.56. The van der Waals surface area contributed by atoms with Crippen molar-refractivity contribution in [2.45, 2.75) is 69.9 Å². The molecule has 3 aromatic heterocycles. The molecule has 0 aromatic carbocycles. The van der Waals surface area contributed by atoms with Gasteiger partial charge in [0.05, 0.1) is 44.7 Å². The zero-order valence-electron chi connectivity index (χ0n) is 26.6. The topological polar surface area (TPSA) is 227 Å². The van der Waals surface area contributed by atoms with E-state index in [1.807, 2.05) is 6.07 Å². The number of carbonyl (C=O) groups excluding carboxylic acids is 1. The van der Waals surface area contributed by atoms with Crippen LogP contribution in [0.15, 0.2) is 29.7 Å². The van der Waals surface area contributed by atoms with E-state index < -0.39 is 80.2 Å². The van der Waals surface area contributed by atoms with Gasteiger partial charge in [-0.15, -0.1) is 0 Å². The Hall–Kier alpha value is -2.86. The average Bonchev–Trinajstić information content (AvgIpc) is 3.74. The molecule has 1 aliphatic carbocycles. The van der Waals surface area contributed by atoms with E-state index >= 15 is 4.39 Å². The molecule has 6 rings (SSSR count). The van der Waals surface area contributed by atoms with Gasteiger partial charge in [-0.05, 0) is 30.0 Å². The average molecular weight is 775 g/mol. The first-order valence-electron chi connectivity index (χ1n) is 15.4. The number of imidazole rings is 1. The second kappa shape index (κ2) is 15.4. The maximum atomic E-state index is 16.4. The van der Waals surface area contributed by atoms with Crippen molar-refractivity contribution in [2.75, 3.05) is 25.1 Å². The van der Waals surface area contributed by atoms with E-state index in [1.54, 1.807) is 19.9 Å². The SMILES string of the molecule is CC(C)C(=O)Nc1nc2c(ncn2[C@@H]2O[C@@H]3COP(O)(=S)O[C@H]4C[C@H](Oc5ccncn5)C[C@@H]4CO[P@](=S)(OCCC#N)O[C@@H]2[C@@H]3F)c(=O)[nH]1. The quantitative estimate of drug-likeness (QED) is 0.221. The molecule has 3 aromatic rings. The van der Waals surface area contributed by atoms with Crippen LogP contribution in [0.2, 0.25) is 0 Å². The molecule has 5 heterocycles. The fourth-order valence-corrected chi connectivity index (χ4v) is 9.18. The number of nitriles is 1. The van der Waals surface area contributed by atoms with Crippen LogP contribution in [0.25, 0.3) is 11.2 Å². The molecule has 2 bridgehead atoms. The van der Waals surface area contributed by atoms with E-state index in [0.717, 1.165) is 0 Å². The molecule has 18 nitrogen and oxygen atoms in total. The lowest BCUT2D eigenvalue weighted by molar-refractivity contribution is -0.118. The largest absolute Gasteiger partial charge is 0.474 e. The zero-order chi connectivity index (χ0) is 35.6. The van der Waals surface area contributed by atoms with Crippen molar-refractivity contribution in [1.82, 2.24) is 29.5 Å². The molecular weight excluding hydrogens is 741 g/mol. The zero-order valence-corrected chi connectivity index (χ0v) is 30.0. The first kappa shape index (κ1) is 36.9. The number of aromatic nitrogens is 6. The molecule has 9 atom stereocenters. The van der Waals surface area contributed by atoms with E-state index in [1.165, 1.54) is 23.4 Å². The van der Waals surface area contributed by atoms with Gasteiger partial charge < -0.3 is 32.5 Å². The van der Waals surface area contributed by atoms with Crippen molar-refractivity contribution in [1.29, 1.82) is 5.26 Å². The number of nitrogens with one attached hydrogen (secondary N) is 2. The summed E-state index contributed by atoms with van der Waals surface area (Å²) in [6.07, 6.45) is -2.84. The van der Waals surface area contributed by atoms with Crippen LogP contribution in [0.5, 0.6) is 5.88 Å². The highest BCUT2D eigenvalue weighted by molar-refractivity contribution is 8.07. The number of hydrogen-bond acceptors (Lipinski definition) is 16. The second-order valence-corrected chi connectivity index (χ2v) is 17.6. The van der Waals surface area contributed by atoms with Crippen LogP contribution in [-0.2, 0) is 55.8 Å². The lowest BCUT2D eigenvalue weighted by atomic mass is 10.1. The number of ether oxygens (including phenoxy) is 2. The molecule has 50 heavy (non-hydrogen) atoms. The molecule has 0 radical (unpaired) electrons. The van der Waals surface area contributed by atoms with E-state index in [-0.39, 0.29) is 43.2 Å². The smallest absolute Gasteiger partial charge is 0.327 e. The molecule has 3 aliphatic rings. The summed E-state index contributed by atoms with van der Waals surface area (Å²) < 4.78 is 59.4. The maximum absolute atomic E-state index is 16.4. The lowest BCUT2D eigenvalue weighted by Crippen LogP contribution is -2.32. The predicted molar refractivity (Wildman–Crippen MR) is 178 cm³/mol. The summed E-state index contributed by atoms with van der Waals surface area (Å²) in [4.78, 5) is 55.2. The number of halogens is 1. The fraction of sp³-hybridized carbons (Fsp3) is 0.593. The number of alkyl halides is 1. The summed E-state index contributed by atoms with van der Waals surface area (Å²) in [5.41, 5.74) is -0.882. The van der Waals surface area contributed by atoms with Gasteiger partial charge in [-0.2, -0.15) is 10.2 Å². The van der Waals surface area contributed by atoms with Gasteiger partial charge in [0, 0.05) is 30.5 Å². The first-order chi connectivity index (χ1) is 23.8. The minimum atomic E-state index is -3.99. The Morgan fingerprint density at radius 1 is 1.26 bits per heavy atom. The van der Waals surface area contributed by atoms with E-state index in [9.17, 15) is 14.5 Å². The molecular formula is C27H33FN8O10P2S2.